The maximum absolute atomic E-state index is 11.8. The number of amides is 1. The molecule has 0 bridgehead atoms. The lowest BCUT2D eigenvalue weighted by Crippen LogP contribution is -2.16. The molecule has 0 radical (unpaired) electrons. The summed E-state index contributed by atoms with van der Waals surface area (Å²) >= 11 is 0. The van der Waals surface area contributed by atoms with Gasteiger partial charge in [0, 0.05) is 12.6 Å². The molecule has 1 aromatic rings. The SMILES string of the molecule is Nc1cccnc1NC(=O)CCC1CCCCC1. The van der Waals surface area contributed by atoms with Crippen LogP contribution in [-0.2, 0) is 4.79 Å². The number of nitrogens with one attached hydrogen (secondary N) is 1. The molecule has 2 rings (SSSR count). The average Bonchev–Trinajstić information content (AvgIpc) is 2.40. The number of nitrogen functional groups attached to an aromatic ring is 1. The van der Waals surface area contributed by atoms with Crippen molar-refractivity contribution in [3.63, 3.8) is 0 Å². The van der Waals surface area contributed by atoms with Crippen molar-refractivity contribution >= 4 is 17.4 Å². The van der Waals surface area contributed by atoms with Crippen molar-refractivity contribution in [3.8, 4) is 0 Å². The van der Waals surface area contributed by atoms with E-state index in [1.807, 2.05) is 0 Å². The lowest BCUT2D eigenvalue weighted by molar-refractivity contribution is -0.116. The molecule has 0 saturated heterocycles. The Morgan fingerprint density at radius 3 is 2.89 bits per heavy atom. The number of hydrogen-bond donors (Lipinski definition) is 2. The van der Waals surface area contributed by atoms with Gasteiger partial charge in [-0.1, -0.05) is 32.1 Å². The fraction of sp³-hybridized carbons (Fsp3) is 0.571. The number of carbonyl (C=O) groups excluding carboxylic acids is 1. The average molecular weight is 247 g/mol. The number of hydrogen-bond acceptors (Lipinski definition) is 3. The molecule has 1 saturated carbocycles. The van der Waals surface area contributed by atoms with Crippen molar-refractivity contribution in [2.24, 2.45) is 5.92 Å². The van der Waals surface area contributed by atoms with E-state index in [2.05, 4.69) is 10.3 Å². The number of nitrogens with two attached hydrogens (primary N) is 1. The standard InChI is InChI=1S/C14H21N3O/c15-12-7-4-10-16-14(12)17-13(18)9-8-11-5-2-1-3-6-11/h4,7,10-11H,1-3,5-6,8-9,15H2,(H,16,17,18). The van der Waals surface area contributed by atoms with Crippen molar-refractivity contribution in [1.82, 2.24) is 4.98 Å². The fourth-order valence-electron chi connectivity index (χ4n) is 2.53. The Balaban J connectivity index is 1.76. The highest BCUT2D eigenvalue weighted by Crippen LogP contribution is 2.27. The summed E-state index contributed by atoms with van der Waals surface area (Å²) < 4.78 is 0. The zero-order valence-electron chi connectivity index (χ0n) is 10.7. The first kappa shape index (κ1) is 12.9. The van der Waals surface area contributed by atoms with Gasteiger partial charge in [-0.15, -0.1) is 0 Å². The summed E-state index contributed by atoms with van der Waals surface area (Å²) in [7, 11) is 0. The van der Waals surface area contributed by atoms with Crippen LogP contribution in [0.1, 0.15) is 44.9 Å². The second-order valence-corrected chi connectivity index (χ2v) is 5.03. The van der Waals surface area contributed by atoms with Gasteiger partial charge in [-0.2, -0.15) is 0 Å². The monoisotopic (exact) mass is 247 g/mol. The Morgan fingerprint density at radius 2 is 2.17 bits per heavy atom. The van der Waals surface area contributed by atoms with Crippen LogP contribution < -0.4 is 11.1 Å². The molecule has 3 N–H and O–H groups in total. The molecule has 0 aromatic carbocycles. The first-order chi connectivity index (χ1) is 8.75. The van der Waals surface area contributed by atoms with Crippen molar-refractivity contribution in [3.05, 3.63) is 18.3 Å². The lowest BCUT2D eigenvalue weighted by atomic mass is 9.86. The van der Waals surface area contributed by atoms with Gasteiger partial charge < -0.3 is 11.1 Å². The Bertz CT molecular complexity index is 400. The van der Waals surface area contributed by atoms with Crippen LogP contribution in [0, 0.1) is 5.92 Å². The summed E-state index contributed by atoms with van der Waals surface area (Å²) in [5.41, 5.74) is 6.25. The van der Waals surface area contributed by atoms with E-state index in [9.17, 15) is 4.79 Å². The van der Waals surface area contributed by atoms with Crippen LogP contribution in [-0.4, -0.2) is 10.9 Å². The molecule has 18 heavy (non-hydrogen) atoms. The highest BCUT2D eigenvalue weighted by Gasteiger charge is 2.15. The van der Waals surface area contributed by atoms with Gasteiger partial charge in [0.2, 0.25) is 5.91 Å². The van der Waals surface area contributed by atoms with E-state index in [1.54, 1.807) is 18.3 Å². The summed E-state index contributed by atoms with van der Waals surface area (Å²) in [5, 5.41) is 2.77. The van der Waals surface area contributed by atoms with Crippen molar-refractivity contribution < 1.29 is 4.79 Å². The predicted octanol–water partition coefficient (Wildman–Crippen LogP) is 2.96. The van der Waals surface area contributed by atoms with Crippen LogP contribution in [0.25, 0.3) is 0 Å². The van der Waals surface area contributed by atoms with E-state index in [1.165, 1.54) is 32.1 Å². The zero-order chi connectivity index (χ0) is 12.8. The van der Waals surface area contributed by atoms with E-state index < -0.39 is 0 Å². The third-order valence-electron chi connectivity index (χ3n) is 3.60. The van der Waals surface area contributed by atoms with Crippen molar-refractivity contribution in [1.29, 1.82) is 0 Å². The number of nitrogens with zero attached hydrogens (tertiary/aromatic N) is 1. The molecule has 0 unspecified atom stereocenters. The van der Waals surface area contributed by atoms with Crippen LogP contribution in [0.4, 0.5) is 11.5 Å². The second-order valence-electron chi connectivity index (χ2n) is 5.03. The van der Waals surface area contributed by atoms with Gasteiger partial charge in [-0.25, -0.2) is 4.98 Å². The highest BCUT2D eigenvalue weighted by molar-refractivity contribution is 5.92. The van der Waals surface area contributed by atoms with E-state index in [-0.39, 0.29) is 5.91 Å². The minimum atomic E-state index is 0.0194. The van der Waals surface area contributed by atoms with Gasteiger partial charge in [-0.3, -0.25) is 4.79 Å². The Kier molecular flexibility index (Phi) is 4.56. The van der Waals surface area contributed by atoms with Gasteiger partial charge in [0.25, 0.3) is 0 Å². The maximum Gasteiger partial charge on any atom is 0.225 e. The maximum atomic E-state index is 11.8. The minimum absolute atomic E-state index is 0.0194. The molecule has 1 amide bonds. The summed E-state index contributed by atoms with van der Waals surface area (Å²) in [5.74, 6) is 1.22. The minimum Gasteiger partial charge on any atom is -0.396 e. The third-order valence-corrected chi connectivity index (χ3v) is 3.60. The molecule has 0 aliphatic heterocycles. The highest BCUT2D eigenvalue weighted by atomic mass is 16.1. The van der Waals surface area contributed by atoms with Gasteiger partial charge in [0.1, 0.15) is 0 Å². The topological polar surface area (TPSA) is 68.0 Å². The first-order valence-corrected chi connectivity index (χ1v) is 6.76. The molecule has 1 heterocycles. The molecule has 98 valence electrons. The zero-order valence-corrected chi connectivity index (χ0v) is 10.7. The summed E-state index contributed by atoms with van der Waals surface area (Å²) in [6, 6.07) is 3.50. The van der Waals surface area contributed by atoms with Gasteiger partial charge in [-0.05, 0) is 24.5 Å². The van der Waals surface area contributed by atoms with Crippen LogP contribution in [0.15, 0.2) is 18.3 Å². The van der Waals surface area contributed by atoms with E-state index in [0.717, 1.165) is 12.3 Å². The fourth-order valence-corrected chi connectivity index (χ4v) is 2.53. The Labute approximate surface area is 108 Å². The largest absolute Gasteiger partial charge is 0.396 e. The molecule has 1 aromatic heterocycles. The predicted molar refractivity (Wildman–Crippen MR) is 73.1 cm³/mol. The van der Waals surface area contributed by atoms with Crippen LogP contribution >= 0.6 is 0 Å². The Morgan fingerprint density at radius 1 is 1.39 bits per heavy atom. The second kappa shape index (κ2) is 6.38. The smallest absolute Gasteiger partial charge is 0.225 e. The molecule has 1 aliphatic rings. The third kappa shape index (κ3) is 3.72. The van der Waals surface area contributed by atoms with Gasteiger partial charge in [0.05, 0.1) is 5.69 Å². The summed E-state index contributed by atoms with van der Waals surface area (Å²) in [6.45, 7) is 0. The molecular weight excluding hydrogens is 226 g/mol. The van der Waals surface area contributed by atoms with Gasteiger partial charge >= 0.3 is 0 Å². The molecular formula is C14H21N3O. The first-order valence-electron chi connectivity index (χ1n) is 6.76. The summed E-state index contributed by atoms with van der Waals surface area (Å²) in [6.07, 6.45) is 9.73. The van der Waals surface area contributed by atoms with Gasteiger partial charge in [0.15, 0.2) is 5.82 Å². The van der Waals surface area contributed by atoms with Crippen molar-refractivity contribution in [2.75, 3.05) is 11.1 Å². The number of anilines is 2. The number of carbonyl (C=O) groups is 1. The van der Waals surface area contributed by atoms with Crippen LogP contribution in [0.5, 0.6) is 0 Å². The molecule has 1 fully saturated rings. The normalized spacial score (nSPS) is 16.4. The molecule has 0 spiro atoms. The van der Waals surface area contributed by atoms with Crippen molar-refractivity contribution in [2.45, 2.75) is 44.9 Å². The van der Waals surface area contributed by atoms with Crippen LogP contribution in [0.3, 0.4) is 0 Å². The molecule has 4 nitrogen and oxygen atoms in total. The summed E-state index contributed by atoms with van der Waals surface area (Å²) in [4.78, 5) is 15.9. The molecule has 4 heteroatoms. The van der Waals surface area contributed by atoms with Crippen LogP contribution in [0.2, 0.25) is 0 Å². The number of aromatic nitrogens is 1. The molecule has 0 atom stereocenters. The Hall–Kier alpha value is -1.58. The molecule has 1 aliphatic carbocycles. The lowest BCUT2D eigenvalue weighted by Gasteiger charge is -2.20. The van der Waals surface area contributed by atoms with E-state index in [0.29, 0.717) is 17.9 Å². The van der Waals surface area contributed by atoms with E-state index >= 15 is 0 Å². The number of rotatable bonds is 4. The number of pyridine rings is 1. The van der Waals surface area contributed by atoms with E-state index in [4.69, 9.17) is 5.73 Å². The quantitative estimate of drug-likeness (QED) is 0.859.